The summed E-state index contributed by atoms with van der Waals surface area (Å²) >= 11 is 8.39. The Bertz CT molecular complexity index is 453. The van der Waals surface area contributed by atoms with E-state index in [1.54, 1.807) is 17.6 Å². The second-order valence-electron chi connectivity index (χ2n) is 4.47. The molecular weight excluding hydrogens is 272 g/mol. The number of thioether (sulfide) groups is 1. The molecule has 0 radical (unpaired) electrons. The molecule has 0 saturated carbocycles. The summed E-state index contributed by atoms with van der Waals surface area (Å²) in [7, 11) is 1.97. The maximum absolute atomic E-state index is 10.2. The average Bonchev–Trinajstić information content (AvgIpc) is 2.82. The topological polar surface area (TPSA) is 26.5 Å². The molecule has 1 fully saturated rings. The highest BCUT2D eigenvalue weighted by Gasteiger charge is 2.51. The van der Waals surface area contributed by atoms with E-state index < -0.39 is 0 Å². The molecule has 0 spiro atoms. The van der Waals surface area contributed by atoms with Crippen molar-refractivity contribution in [3.05, 3.63) is 22.4 Å². The summed E-state index contributed by atoms with van der Waals surface area (Å²) in [6.45, 7) is 4.16. The fourth-order valence-corrected chi connectivity index (χ4v) is 4.01. The highest BCUT2D eigenvalue weighted by atomic mass is 32.2. The lowest BCUT2D eigenvalue weighted by Crippen LogP contribution is -2.47. The summed E-state index contributed by atoms with van der Waals surface area (Å²) in [5.74, 6) is 0. The minimum atomic E-state index is -0.190. The number of rotatable bonds is 2. The van der Waals surface area contributed by atoms with Crippen molar-refractivity contribution < 1.29 is 9.95 Å². The van der Waals surface area contributed by atoms with E-state index in [0.29, 0.717) is 0 Å². The molecule has 2 rings (SSSR count). The number of hydrogen-bond donors (Lipinski definition) is 1. The van der Waals surface area contributed by atoms with Crippen LogP contribution in [0.3, 0.4) is 0 Å². The van der Waals surface area contributed by atoms with Crippen LogP contribution in [0.15, 0.2) is 17.5 Å². The van der Waals surface area contributed by atoms with Crippen molar-refractivity contribution >= 4 is 45.9 Å². The van der Waals surface area contributed by atoms with E-state index >= 15 is 0 Å². The minimum absolute atomic E-state index is 0.0814. The maximum Gasteiger partial charge on any atom is 0.276 e. The SMILES string of the molecule is CN1C(=S)SC([N+](O)=Cc2cccs2)C1(C)C. The van der Waals surface area contributed by atoms with Gasteiger partial charge in [0.05, 0.1) is 4.88 Å². The van der Waals surface area contributed by atoms with Gasteiger partial charge in [0.1, 0.15) is 9.86 Å². The molecule has 1 atom stereocenters. The summed E-state index contributed by atoms with van der Waals surface area (Å²) < 4.78 is 2.09. The molecule has 1 unspecified atom stereocenters. The van der Waals surface area contributed by atoms with E-state index in [1.165, 1.54) is 16.5 Å². The largest absolute Gasteiger partial charge is 0.347 e. The van der Waals surface area contributed by atoms with Crippen LogP contribution in [0.5, 0.6) is 0 Å². The minimum Gasteiger partial charge on any atom is -0.347 e. The van der Waals surface area contributed by atoms with Crippen molar-refractivity contribution in [3.63, 3.8) is 0 Å². The Labute approximate surface area is 115 Å². The van der Waals surface area contributed by atoms with Crippen LogP contribution in [0.4, 0.5) is 0 Å². The molecule has 2 heterocycles. The first-order chi connectivity index (χ1) is 7.93. The molecule has 1 aromatic heterocycles. The molecule has 0 aliphatic carbocycles. The van der Waals surface area contributed by atoms with Crippen molar-refractivity contribution in [1.82, 2.24) is 4.90 Å². The van der Waals surface area contributed by atoms with Gasteiger partial charge in [-0.15, -0.1) is 11.3 Å². The molecule has 17 heavy (non-hydrogen) atoms. The van der Waals surface area contributed by atoms with Crippen LogP contribution in [0.1, 0.15) is 18.7 Å². The smallest absolute Gasteiger partial charge is 0.276 e. The third kappa shape index (κ3) is 2.34. The molecule has 1 aromatic rings. The second kappa shape index (κ2) is 4.59. The Balaban J connectivity index is 2.27. The van der Waals surface area contributed by atoms with Crippen molar-refractivity contribution in [3.8, 4) is 0 Å². The Morgan fingerprint density at radius 3 is 2.76 bits per heavy atom. The lowest BCUT2D eigenvalue weighted by atomic mass is 10.0. The third-order valence-corrected chi connectivity index (χ3v) is 5.86. The average molecular weight is 287 g/mol. The number of likely N-dealkylation sites (N-methyl/N-ethyl adjacent to an activating group) is 1. The van der Waals surface area contributed by atoms with Gasteiger partial charge in [-0.1, -0.05) is 18.3 Å². The molecule has 1 saturated heterocycles. The standard InChI is InChI=1S/C11H15N2OS3/c1-11(2)9(17-10(15)12(11)3)13(14)7-8-5-4-6-16-8/h4-7,9,14H,1-3H3/q+1. The molecule has 1 aliphatic heterocycles. The van der Waals surface area contributed by atoms with Gasteiger partial charge in [-0.3, -0.25) is 5.21 Å². The van der Waals surface area contributed by atoms with Crippen LogP contribution in [0.2, 0.25) is 0 Å². The number of nitrogens with zero attached hydrogens (tertiary/aromatic N) is 2. The predicted octanol–water partition coefficient (Wildman–Crippen LogP) is 2.64. The first kappa shape index (κ1) is 12.9. The molecule has 0 amide bonds. The van der Waals surface area contributed by atoms with Crippen LogP contribution in [0.25, 0.3) is 0 Å². The molecule has 0 bridgehead atoms. The van der Waals surface area contributed by atoms with Crippen LogP contribution >= 0.6 is 35.3 Å². The third-order valence-electron chi connectivity index (χ3n) is 3.00. The summed E-state index contributed by atoms with van der Waals surface area (Å²) in [5, 5.41) is 12.1. The molecule has 3 nitrogen and oxygen atoms in total. The summed E-state index contributed by atoms with van der Waals surface area (Å²) in [6, 6.07) is 3.94. The molecule has 1 N–H and O–H groups in total. The summed E-state index contributed by atoms with van der Waals surface area (Å²) in [5.41, 5.74) is -0.190. The zero-order valence-electron chi connectivity index (χ0n) is 9.95. The van der Waals surface area contributed by atoms with Gasteiger partial charge in [0.2, 0.25) is 6.21 Å². The quantitative estimate of drug-likeness (QED) is 0.297. The van der Waals surface area contributed by atoms with Crippen LogP contribution in [-0.4, -0.2) is 43.3 Å². The second-order valence-corrected chi connectivity index (χ2v) is 7.17. The van der Waals surface area contributed by atoms with Gasteiger partial charge >= 0.3 is 0 Å². The van der Waals surface area contributed by atoms with Crippen LogP contribution in [0, 0.1) is 0 Å². The van der Waals surface area contributed by atoms with Crippen molar-refractivity contribution in [2.75, 3.05) is 7.05 Å². The van der Waals surface area contributed by atoms with E-state index in [4.69, 9.17) is 12.2 Å². The summed E-state index contributed by atoms with van der Waals surface area (Å²) in [6.07, 6.45) is 1.76. The molecular formula is C11H15N2OS3+. The Morgan fingerprint density at radius 2 is 2.29 bits per heavy atom. The van der Waals surface area contributed by atoms with Gasteiger partial charge in [0.25, 0.3) is 5.37 Å². The zero-order valence-corrected chi connectivity index (χ0v) is 12.4. The van der Waals surface area contributed by atoms with E-state index in [1.807, 2.05) is 29.5 Å². The van der Waals surface area contributed by atoms with Gasteiger partial charge in [-0.25, -0.2) is 0 Å². The van der Waals surface area contributed by atoms with Crippen molar-refractivity contribution in [1.29, 1.82) is 0 Å². The van der Waals surface area contributed by atoms with Gasteiger partial charge in [-0.2, -0.15) is 0 Å². The molecule has 6 heteroatoms. The van der Waals surface area contributed by atoms with Gasteiger partial charge in [-0.05, 0) is 41.8 Å². The van der Waals surface area contributed by atoms with Crippen molar-refractivity contribution in [2.24, 2.45) is 0 Å². The van der Waals surface area contributed by atoms with E-state index in [-0.39, 0.29) is 10.9 Å². The lowest BCUT2D eigenvalue weighted by Gasteiger charge is -2.28. The highest BCUT2D eigenvalue weighted by Crippen LogP contribution is 2.38. The van der Waals surface area contributed by atoms with Gasteiger partial charge in [0.15, 0.2) is 0 Å². The number of thiocarbonyl (C=S) groups is 1. The summed E-state index contributed by atoms with van der Waals surface area (Å²) in [4.78, 5) is 3.06. The first-order valence-electron chi connectivity index (χ1n) is 5.23. The van der Waals surface area contributed by atoms with Crippen molar-refractivity contribution in [2.45, 2.75) is 24.8 Å². The van der Waals surface area contributed by atoms with Crippen LogP contribution < -0.4 is 0 Å². The van der Waals surface area contributed by atoms with Gasteiger partial charge < -0.3 is 4.90 Å². The monoisotopic (exact) mass is 287 g/mol. The Kier molecular flexibility index (Phi) is 3.47. The zero-order chi connectivity index (χ0) is 12.6. The number of hydroxylamine groups is 1. The van der Waals surface area contributed by atoms with Gasteiger partial charge in [0, 0.05) is 7.05 Å². The predicted molar refractivity (Wildman–Crippen MR) is 77.4 cm³/mol. The highest BCUT2D eigenvalue weighted by molar-refractivity contribution is 8.23. The maximum atomic E-state index is 10.2. The molecule has 0 aromatic carbocycles. The number of thiophene rings is 1. The normalized spacial score (nSPS) is 24.4. The Hall–Kier alpha value is -0.590. The lowest BCUT2D eigenvalue weighted by molar-refractivity contribution is -0.785. The fraction of sp³-hybridized carbons (Fsp3) is 0.455. The number of hydrogen-bond acceptors (Lipinski definition) is 4. The van der Waals surface area contributed by atoms with E-state index in [2.05, 4.69) is 13.8 Å². The van der Waals surface area contributed by atoms with E-state index in [0.717, 1.165) is 9.20 Å². The van der Waals surface area contributed by atoms with E-state index in [9.17, 15) is 5.21 Å². The molecule has 1 aliphatic rings. The Morgan fingerprint density at radius 1 is 1.59 bits per heavy atom. The first-order valence-corrected chi connectivity index (χ1v) is 7.39. The fourth-order valence-electron chi connectivity index (χ4n) is 1.66. The molecule has 92 valence electrons. The van der Waals surface area contributed by atoms with Crippen LogP contribution in [-0.2, 0) is 0 Å².